The van der Waals surface area contributed by atoms with Gasteiger partial charge in [-0.05, 0) is 38.1 Å². The highest BCUT2D eigenvalue weighted by Crippen LogP contribution is 2.20. The Hall–Kier alpha value is -1.13. The largest absolute Gasteiger partial charge is 0.354 e. The van der Waals surface area contributed by atoms with Gasteiger partial charge in [0.05, 0.1) is 0 Å². The molecule has 1 aliphatic rings. The first-order chi connectivity index (χ1) is 8.08. The van der Waals surface area contributed by atoms with E-state index in [2.05, 4.69) is 34.8 Å². The van der Waals surface area contributed by atoms with Crippen molar-refractivity contribution in [3.8, 4) is 0 Å². The Morgan fingerprint density at radius 3 is 2.47 bits per heavy atom. The van der Waals surface area contributed by atoms with Gasteiger partial charge in [0.1, 0.15) is 5.82 Å². The summed E-state index contributed by atoms with van der Waals surface area (Å²) < 4.78 is 0. The molecule has 1 aromatic rings. The van der Waals surface area contributed by atoms with E-state index in [4.69, 9.17) is 5.73 Å². The molecule has 2 heterocycles. The van der Waals surface area contributed by atoms with E-state index < -0.39 is 0 Å². The summed E-state index contributed by atoms with van der Waals surface area (Å²) in [5.41, 5.74) is 8.28. The molecule has 0 radical (unpaired) electrons. The molecule has 1 saturated heterocycles. The highest BCUT2D eigenvalue weighted by molar-refractivity contribution is 5.44. The molecule has 94 valence electrons. The summed E-state index contributed by atoms with van der Waals surface area (Å²) in [6, 6.07) is 2.22. The van der Waals surface area contributed by atoms with E-state index >= 15 is 0 Å². The van der Waals surface area contributed by atoms with Gasteiger partial charge in [-0.15, -0.1) is 0 Å². The van der Waals surface area contributed by atoms with Crippen molar-refractivity contribution in [3.05, 3.63) is 23.4 Å². The zero-order valence-electron chi connectivity index (χ0n) is 11.0. The Labute approximate surface area is 103 Å². The van der Waals surface area contributed by atoms with Crippen LogP contribution in [-0.4, -0.2) is 43.1 Å². The van der Waals surface area contributed by atoms with E-state index in [1.807, 2.05) is 13.1 Å². The van der Waals surface area contributed by atoms with E-state index in [0.29, 0.717) is 0 Å². The second-order valence-corrected chi connectivity index (χ2v) is 4.98. The van der Waals surface area contributed by atoms with Crippen LogP contribution in [0.2, 0.25) is 0 Å². The van der Waals surface area contributed by atoms with Crippen molar-refractivity contribution < 1.29 is 0 Å². The second kappa shape index (κ2) is 5.02. The van der Waals surface area contributed by atoms with Crippen molar-refractivity contribution in [2.45, 2.75) is 19.9 Å². The predicted octanol–water partition coefficient (Wildman–Crippen LogP) is 1.16. The maximum Gasteiger partial charge on any atom is 0.128 e. The molecule has 0 aliphatic carbocycles. The Balaban J connectivity index is 2.14. The van der Waals surface area contributed by atoms with E-state index in [9.17, 15) is 0 Å². The maximum absolute atomic E-state index is 5.90. The third-order valence-electron chi connectivity index (χ3n) is 3.45. The van der Waals surface area contributed by atoms with Gasteiger partial charge in [0, 0.05) is 38.4 Å². The molecule has 2 N–H and O–H groups in total. The predicted molar refractivity (Wildman–Crippen MR) is 71.3 cm³/mol. The van der Waals surface area contributed by atoms with Crippen LogP contribution in [0.4, 0.5) is 5.82 Å². The minimum absolute atomic E-state index is 0.0593. The van der Waals surface area contributed by atoms with Gasteiger partial charge < -0.3 is 15.5 Å². The van der Waals surface area contributed by atoms with E-state index in [-0.39, 0.29) is 6.04 Å². The number of pyridine rings is 1. The quantitative estimate of drug-likeness (QED) is 0.834. The molecule has 0 unspecified atom stereocenters. The second-order valence-electron chi connectivity index (χ2n) is 4.98. The van der Waals surface area contributed by atoms with Gasteiger partial charge >= 0.3 is 0 Å². The van der Waals surface area contributed by atoms with Crippen molar-refractivity contribution in [2.24, 2.45) is 5.73 Å². The van der Waals surface area contributed by atoms with Crippen LogP contribution >= 0.6 is 0 Å². The fourth-order valence-corrected chi connectivity index (χ4v) is 2.24. The van der Waals surface area contributed by atoms with Crippen molar-refractivity contribution in [3.63, 3.8) is 0 Å². The zero-order chi connectivity index (χ0) is 12.4. The molecule has 1 aliphatic heterocycles. The number of aromatic nitrogens is 1. The number of hydrogen-bond donors (Lipinski definition) is 1. The molecular formula is C13H22N4. The van der Waals surface area contributed by atoms with Gasteiger partial charge in [-0.3, -0.25) is 0 Å². The number of likely N-dealkylation sites (N-methyl/N-ethyl adjacent to an activating group) is 1. The Morgan fingerprint density at radius 2 is 1.94 bits per heavy atom. The van der Waals surface area contributed by atoms with E-state index in [1.54, 1.807) is 0 Å². The van der Waals surface area contributed by atoms with Crippen LogP contribution in [0.3, 0.4) is 0 Å². The van der Waals surface area contributed by atoms with Crippen LogP contribution in [-0.2, 0) is 0 Å². The van der Waals surface area contributed by atoms with E-state index in [0.717, 1.165) is 37.6 Å². The molecular weight excluding hydrogens is 212 g/mol. The first kappa shape index (κ1) is 12.3. The molecule has 4 nitrogen and oxygen atoms in total. The van der Waals surface area contributed by atoms with Crippen molar-refractivity contribution >= 4 is 5.82 Å². The molecule has 1 fully saturated rings. The number of anilines is 1. The van der Waals surface area contributed by atoms with Crippen LogP contribution in [0.25, 0.3) is 0 Å². The van der Waals surface area contributed by atoms with Gasteiger partial charge in [0.25, 0.3) is 0 Å². The summed E-state index contributed by atoms with van der Waals surface area (Å²) in [4.78, 5) is 9.23. The van der Waals surface area contributed by atoms with Gasteiger partial charge in [0.2, 0.25) is 0 Å². The highest BCUT2D eigenvalue weighted by atomic mass is 15.3. The summed E-state index contributed by atoms with van der Waals surface area (Å²) in [7, 11) is 2.16. The van der Waals surface area contributed by atoms with Crippen LogP contribution in [0, 0.1) is 6.92 Å². The Bertz CT molecular complexity index is 381. The summed E-state index contributed by atoms with van der Waals surface area (Å²) in [5.74, 6) is 1.08. The minimum Gasteiger partial charge on any atom is -0.354 e. The molecule has 1 atom stereocenters. The first-order valence-corrected chi connectivity index (χ1v) is 6.23. The summed E-state index contributed by atoms with van der Waals surface area (Å²) in [5, 5.41) is 0. The highest BCUT2D eigenvalue weighted by Gasteiger charge is 2.16. The number of nitrogens with two attached hydrogens (primary N) is 1. The smallest absolute Gasteiger partial charge is 0.128 e. The average Bonchev–Trinajstić information content (AvgIpc) is 2.29. The fourth-order valence-electron chi connectivity index (χ4n) is 2.24. The molecule has 1 aromatic heterocycles. The van der Waals surface area contributed by atoms with Gasteiger partial charge in [-0.1, -0.05) is 0 Å². The molecule has 0 spiro atoms. The molecule has 0 bridgehead atoms. The number of nitrogens with zero attached hydrogens (tertiary/aromatic N) is 3. The standard InChI is InChI=1S/C13H22N4/c1-10-8-13(15-9-12(10)11(2)14)17-6-4-16(3)5-7-17/h8-9,11H,4-7,14H2,1-3H3/t11-/m1/s1. The Morgan fingerprint density at radius 1 is 1.29 bits per heavy atom. The fraction of sp³-hybridized carbons (Fsp3) is 0.615. The molecule has 0 amide bonds. The van der Waals surface area contributed by atoms with Gasteiger partial charge in [-0.25, -0.2) is 4.98 Å². The van der Waals surface area contributed by atoms with E-state index in [1.165, 1.54) is 5.56 Å². The van der Waals surface area contributed by atoms with Gasteiger partial charge in [-0.2, -0.15) is 0 Å². The number of aryl methyl sites for hydroxylation is 1. The first-order valence-electron chi connectivity index (χ1n) is 6.23. The lowest BCUT2D eigenvalue weighted by atomic mass is 10.1. The lowest BCUT2D eigenvalue weighted by Gasteiger charge is -2.33. The zero-order valence-corrected chi connectivity index (χ0v) is 11.0. The van der Waals surface area contributed by atoms with Crippen LogP contribution in [0.15, 0.2) is 12.3 Å². The minimum atomic E-state index is 0.0593. The summed E-state index contributed by atoms with van der Waals surface area (Å²) >= 11 is 0. The molecule has 2 rings (SSSR count). The summed E-state index contributed by atoms with van der Waals surface area (Å²) in [6.45, 7) is 8.44. The molecule has 17 heavy (non-hydrogen) atoms. The molecule has 0 saturated carbocycles. The van der Waals surface area contributed by atoms with Crippen LogP contribution in [0.5, 0.6) is 0 Å². The molecule has 0 aromatic carbocycles. The maximum atomic E-state index is 5.90. The van der Waals surface area contributed by atoms with Crippen molar-refractivity contribution in [1.82, 2.24) is 9.88 Å². The molecule has 4 heteroatoms. The number of rotatable bonds is 2. The van der Waals surface area contributed by atoms with Crippen molar-refractivity contribution in [2.75, 3.05) is 38.1 Å². The normalized spacial score (nSPS) is 19.4. The lowest BCUT2D eigenvalue weighted by Crippen LogP contribution is -2.44. The third-order valence-corrected chi connectivity index (χ3v) is 3.45. The summed E-state index contributed by atoms with van der Waals surface area (Å²) in [6.07, 6.45) is 1.92. The monoisotopic (exact) mass is 234 g/mol. The lowest BCUT2D eigenvalue weighted by molar-refractivity contribution is 0.312. The number of hydrogen-bond acceptors (Lipinski definition) is 4. The van der Waals surface area contributed by atoms with Crippen LogP contribution in [0.1, 0.15) is 24.1 Å². The third kappa shape index (κ3) is 2.76. The van der Waals surface area contributed by atoms with Crippen molar-refractivity contribution in [1.29, 1.82) is 0 Å². The van der Waals surface area contributed by atoms with Crippen LogP contribution < -0.4 is 10.6 Å². The SMILES string of the molecule is Cc1cc(N2CCN(C)CC2)ncc1[C@@H](C)N. The van der Waals surface area contributed by atoms with Gasteiger partial charge in [0.15, 0.2) is 0 Å². The topological polar surface area (TPSA) is 45.4 Å². The number of piperazine rings is 1. The Kier molecular flexibility index (Phi) is 3.64. The average molecular weight is 234 g/mol.